The van der Waals surface area contributed by atoms with Gasteiger partial charge < -0.3 is 9.80 Å². The SMILES string of the molecule is Cc1ccc(N2CCN(C)CC2C)c(C#N)c1. The molecule has 90 valence electrons. The third kappa shape index (κ3) is 2.42. The van der Waals surface area contributed by atoms with Crippen LogP contribution >= 0.6 is 0 Å². The monoisotopic (exact) mass is 229 g/mol. The first-order valence-electron chi connectivity index (χ1n) is 6.07. The number of nitriles is 1. The molecule has 0 radical (unpaired) electrons. The van der Waals surface area contributed by atoms with Crippen molar-refractivity contribution in [2.24, 2.45) is 0 Å². The normalized spacial score (nSPS) is 21.3. The molecule has 1 aliphatic heterocycles. The van der Waals surface area contributed by atoms with Gasteiger partial charge in [0.2, 0.25) is 0 Å². The highest BCUT2D eigenvalue weighted by atomic mass is 15.3. The second-order valence-electron chi connectivity index (χ2n) is 4.94. The summed E-state index contributed by atoms with van der Waals surface area (Å²) >= 11 is 0. The number of anilines is 1. The van der Waals surface area contributed by atoms with Gasteiger partial charge in [-0.3, -0.25) is 0 Å². The summed E-state index contributed by atoms with van der Waals surface area (Å²) < 4.78 is 0. The van der Waals surface area contributed by atoms with E-state index in [-0.39, 0.29) is 0 Å². The Bertz CT molecular complexity index is 447. The second-order valence-corrected chi connectivity index (χ2v) is 4.94. The van der Waals surface area contributed by atoms with E-state index in [9.17, 15) is 5.26 Å². The lowest BCUT2D eigenvalue weighted by Gasteiger charge is -2.40. The molecule has 1 heterocycles. The minimum absolute atomic E-state index is 0.462. The second kappa shape index (κ2) is 4.77. The maximum atomic E-state index is 9.22. The van der Waals surface area contributed by atoms with Crippen LogP contribution in [0.5, 0.6) is 0 Å². The van der Waals surface area contributed by atoms with Crippen molar-refractivity contribution >= 4 is 5.69 Å². The van der Waals surface area contributed by atoms with Crippen molar-refractivity contribution in [3.05, 3.63) is 29.3 Å². The molecular formula is C14H19N3. The molecule has 1 aromatic carbocycles. The number of piperazine rings is 1. The van der Waals surface area contributed by atoms with Gasteiger partial charge in [0.05, 0.1) is 11.3 Å². The summed E-state index contributed by atoms with van der Waals surface area (Å²) in [5.74, 6) is 0. The van der Waals surface area contributed by atoms with E-state index in [0.29, 0.717) is 6.04 Å². The molecule has 0 bridgehead atoms. The van der Waals surface area contributed by atoms with Crippen molar-refractivity contribution in [1.29, 1.82) is 5.26 Å². The highest BCUT2D eigenvalue weighted by Crippen LogP contribution is 2.25. The van der Waals surface area contributed by atoms with Crippen LogP contribution in [0.2, 0.25) is 0 Å². The molecule has 1 saturated heterocycles. The number of hydrogen-bond donors (Lipinski definition) is 0. The van der Waals surface area contributed by atoms with E-state index in [1.54, 1.807) is 0 Å². The van der Waals surface area contributed by atoms with Crippen LogP contribution in [-0.2, 0) is 0 Å². The molecule has 3 nitrogen and oxygen atoms in total. The molecule has 0 aliphatic carbocycles. The van der Waals surface area contributed by atoms with Crippen molar-refractivity contribution in [3.8, 4) is 6.07 Å². The van der Waals surface area contributed by atoms with Gasteiger partial charge in [-0.25, -0.2) is 0 Å². The van der Waals surface area contributed by atoms with Gasteiger partial charge in [0, 0.05) is 25.7 Å². The molecule has 1 atom stereocenters. The van der Waals surface area contributed by atoms with E-state index >= 15 is 0 Å². The Labute approximate surface area is 103 Å². The van der Waals surface area contributed by atoms with Crippen molar-refractivity contribution in [3.63, 3.8) is 0 Å². The fourth-order valence-electron chi connectivity index (χ4n) is 2.49. The summed E-state index contributed by atoms with van der Waals surface area (Å²) in [6.07, 6.45) is 0. The van der Waals surface area contributed by atoms with Crippen LogP contribution < -0.4 is 4.90 Å². The first-order valence-corrected chi connectivity index (χ1v) is 6.07. The van der Waals surface area contributed by atoms with Crippen LogP contribution in [0, 0.1) is 18.3 Å². The number of rotatable bonds is 1. The van der Waals surface area contributed by atoms with Crippen LogP contribution in [0.4, 0.5) is 5.69 Å². The number of likely N-dealkylation sites (N-methyl/N-ethyl adjacent to an activating group) is 1. The van der Waals surface area contributed by atoms with Gasteiger partial charge in [0.1, 0.15) is 6.07 Å². The topological polar surface area (TPSA) is 30.3 Å². The summed E-state index contributed by atoms with van der Waals surface area (Å²) in [5, 5.41) is 9.22. The molecule has 1 aromatic rings. The zero-order valence-electron chi connectivity index (χ0n) is 10.8. The van der Waals surface area contributed by atoms with E-state index in [0.717, 1.165) is 36.4 Å². The van der Waals surface area contributed by atoms with Crippen molar-refractivity contribution in [2.75, 3.05) is 31.6 Å². The summed E-state index contributed by atoms with van der Waals surface area (Å²) in [4.78, 5) is 4.68. The van der Waals surface area contributed by atoms with Crippen LogP contribution in [0.1, 0.15) is 18.1 Å². The summed E-state index contributed by atoms with van der Waals surface area (Å²) in [6, 6.07) is 8.91. The minimum Gasteiger partial charge on any atom is -0.365 e. The average Bonchev–Trinajstić information content (AvgIpc) is 2.30. The van der Waals surface area contributed by atoms with E-state index in [1.807, 2.05) is 13.0 Å². The van der Waals surface area contributed by atoms with E-state index < -0.39 is 0 Å². The van der Waals surface area contributed by atoms with Crippen molar-refractivity contribution in [2.45, 2.75) is 19.9 Å². The van der Waals surface area contributed by atoms with E-state index in [4.69, 9.17) is 0 Å². The number of hydrogen-bond acceptors (Lipinski definition) is 3. The molecule has 2 rings (SSSR count). The molecule has 1 aliphatic rings. The van der Waals surface area contributed by atoms with Crippen LogP contribution in [0.25, 0.3) is 0 Å². The van der Waals surface area contributed by atoms with Gasteiger partial charge in [0.15, 0.2) is 0 Å². The fraction of sp³-hybridized carbons (Fsp3) is 0.500. The zero-order chi connectivity index (χ0) is 12.4. The van der Waals surface area contributed by atoms with Gasteiger partial charge in [-0.2, -0.15) is 5.26 Å². The van der Waals surface area contributed by atoms with Gasteiger partial charge >= 0.3 is 0 Å². The van der Waals surface area contributed by atoms with Gasteiger partial charge in [-0.05, 0) is 38.6 Å². The molecule has 1 fully saturated rings. The predicted octanol–water partition coefficient (Wildman–Crippen LogP) is 2.01. The molecular weight excluding hydrogens is 210 g/mol. The highest BCUT2D eigenvalue weighted by molar-refractivity contribution is 5.61. The third-order valence-electron chi connectivity index (χ3n) is 3.41. The zero-order valence-corrected chi connectivity index (χ0v) is 10.8. The molecule has 0 saturated carbocycles. The molecule has 0 spiro atoms. The van der Waals surface area contributed by atoms with Gasteiger partial charge in [-0.1, -0.05) is 6.07 Å². The van der Waals surface area contributed by atoms with Crippen LogP contribution in [0.3, 0.4) is 0 Å². The maximum absolute atomic E-state index is 9.22. The first-order chi connectivity index (χ1) is 8.11. The summed E-state index contributed by atoms with van der Waals surface area (Å²) in [5.41, 5.74) is 3.02. The molecule has 0 N–H and O–H groups in total. The quantitative estimate of drug-likeness (QED) is 0.738. The lowest BCUT2D eigenvalue weighted by Crippen LogP contribution is -2.50. The summed E-state index contributed by atoms with van der Waals surface area (Å²) in [6.45, 7) is 7.35. The van der Waals surface area contributed by atoms with Crippen molar-refractivity contribution < 1.29 is 0 Å². The number of benzene rings is 1. The van der Waals surface area contributed by atoms with Crippen LogP contribution in [0.15, 0.2) is 18.2 Å². The number of aryl methyl sites for hydroxylation is 1. The Balaban J connectivity index is 2.31. The first kappa shape index (κ1) is 11.9. The molecule has 1 unspecified atom stereocenters. The largest absolute Gasteiger partial charge is 0.365 e. The standard InChI is InChI=1S/C14H19N3/c1-11-4-5-14(13(8-11)9-15)17-7-6-16(3)10-12(17)2/h4-5,8,12H,6-7,10H2,1-3H3. The van der Waals surface area contributed by atoms with Gasteiger partial charge in [0.25, 0.3) is 0 Å². The van der Waals surface area contributed by atoms with E-state index in [2.05, 4.69) is 42.0 Å². The Morgan fingerprint density at radius 2 is 2.12 bits per heavy atom. The molecule has 17 heavy (non-hydrogen) atoms. The highest BCUT2D eigenvalue weighted by Gasteiger charge is 2.23. The smallest absolute Gasteiger partial charge is 0.101 e. The summed E-state index contributed by atoms with van der Waals surface area (Å²) in [7, 11) is 2.15. The Hall–Kier alpha value is -1.53. The van der Waals surface area contributed by atoms with Gasteiger partial charge in [-0.15, -0.1) is 0 Å². The van der Waals surface area contributed by atoms with Crippen molar-refractivity contribution in [1.82, 2.24) is 4.90 Å². The van der Waals surface area contributed by atoms with E-state index in [1.165, 1.54) is 0 Å². The lowest BCUT2D eigenvalue weighted by atomic mass is 10.1. The molecule has 0 amide bonds. The minimum atomic E-state index is 0.462. The fourth-order valence-corrected chi connectivity index (χ4v) is 2.49. The third-order valence-corrected chi connectivity index (χ3v) is 3.41. The lowest BCUT2D eigenvalue weighted by molar-refractivity contribution is 0.275. The molecule has 3 heteroatoms. The Kier molecular flexibility index (Phi) is 3.35. The Morgan fingerprint density at radius 3 is 2.76 bits per heavy atom. The predicted molar refractivity (Wildman–Crippen MR) is 70.2 cm³/mol. The van der Waals surface area contributed by atoms with Crippen LogP contribution in [-0.4, -0.2) is 37.6 Å². The average molecular weight is 229 g/mol. The number of nitrogens with zero attached hydrogens (tertiary/aromatic N) is 3. The molecule has 0 aromatic heterocycles. The maximum Gasteiger partial charge on any atom is 0.101 e. The Morgan fingerprint density at radius 1 is 1.35 bits per heavy atom.